The van der Waals surface area contributed by atoms with Gasteiger partial charge in [-0.1, -0.05) is 0 Å². The van der Waals surface area contributed by atoms with Crippen LogP contribution in [0.4, 0.5) is 5.69 Å². The number of hydrogen-bond acceptors (Lipinski definition) is 5. The maximum absolute atomic E-state index is 6.21. The quantitative estimate of drug-likeness (QED) is 0.593. The van der Waals surface area contributed by atoms with Crippen LogP contribution in [0.5, 0.6) is 5.75 Å². The van der Waals surface area contributed by atoms with Crippen molar-refractivity contribution in [3.05, 3.63) is 23.3 Å². The monoisotopic (exact) mass is 277 g/mol. The molecule has 0 bridgehead atoms. The molecule has 3 fully saturated rings. The molecule has 3 saturated heterocycles. The third-order valence-electron chi connectivity index (χ3n) is 3.87. The lowest BCUT2D eigenvalue weighted by Gasteiger charge is -2.14. The second-order valence-corrected chi connectivity index (χ2v) is 5.74. The number of anilines is 1. The molecule has 3 atom stereocenters. The Bertz CT molecular complexity index is 507. The van der Waals surface area contributed by atoms with Gasteiger partial charge in [-0.3, -0.25) is 0 Å². The maximum atomic E-state index is 6.21. The zero-order valence-electron chi connectivity index (χ0n) is 11.3. The van der Waals surface area contributed by atoms with E-state index in [0.717, 1.165) is 44.1 Å². The van der Waals surface area contributed by atoms with E-state index < -0.39 is 0 Å². The first-order chi connectivity index (χ1) is 9.78. The van der Waals surface area contributed by atoms with Gasteiger partial charge in [0, 0.05) is 24.6 Å². The molecular weight excluding hydrogens is 258 g/mol. The van der Waals surface area contributed by atoms with Crippen molar-refractivity contribution in [3.8, 4) is 5.75 Å². The van der Waals surface area contributed by atoms with E-state index >= 15 is 0 Å². The van der Waals surface area contributed by atoms with Crippen molar-refractivity contribution in [2.45, 2.75) is 31.2 Å². The van der Waals surface area contributed by atoms with Crippen LogP contribution in [-0.2, 0) is 27.1 Å². The van der Waals surface area contributed by atoms with Crippen molar-refractivity contribution >= 4 is 5.69 Å². The highest BCUT2D eigenvalue weighted by Crippen LogP contribution is 2.31. The van der Waals surface area contributed by atoms with E-state index in [1.165, 1.54) is 11.1 Å². The molecule has 2 N–H and O–H groups in total. The summed E-state index contributed by atoms with van der Waals surface area (Å²) < 4.78 is 21.6. The second-order valence-electron chi connectivity index (χ2n) is 5.74. The average Bonchev–Trinajstić information content (AvgIpc) is 3.21. The summed E-state index contributed by atoms with van der Waals surface area (Å²) in [5.41, 5.74) is 9.43. The van der Waals surface area contributed by atoms with Gasteiger partial charge in [0.15, 0.2) is 0 Å². The zero-order chi connectivity index (χ0) is 13.5. The summed E-state index contributed by atoms with van der Waals surface area (Å²) in [5, 5.41) is 0. The molecule has 3 aliphatic rings. The van der Waals surface area contributed by atoms with Crippen LogP contribution >= 0.6 is 0 Å². The molecule has 0 aliphatic carbocycles. The first kappa shape index (κ1) is 12.4. The van der Waals surface area contributed by atoms with Gasteiger partial charge in [0.05, 0.1) is 32.0 Å². The molecule has 4 rings (SSSR count). The molecule has 108 valence electrons. The number of nitrogen functional groups attached to an aromatic ring is 1. The van der Waals surface area contributed by atoms with Gasteiger partial charge in [-0.15, -0.1) is 0 Å². The lowest BCUT2D eigenvalue weighted by molar-refractivity contribution is 0.263. The van der Waals surface area contributed by atoms with Crippen LogP contribution in [-0.4, -0.2) is 44.7 Å². The molecule has 0 saturated carbocycles. The fourth-order valence-corrected chi connectivity index (χ4v) is 2.44. The number of epoxide rings is 3. The minimum absolute atomic E-state index is 0.256. The highest BCUT2D eigenvalue weighted by molar-refractivity contribution is 5.56. The standard InChI is InChI=1S/C15H19NO4/c16-15-4-10(17-7-13-8-20-13)1-9(2-11-5-18-11)14(15)3-12-6-19-12/h1,4,11-13H,2-3,5-8,16H2. The van der Waals surface area contributed by atoms with E-state index in [0.29, 0.717) is 18.8 Å². The van der Waals surface area contributed by atoms with Gasteiger partial charge in [0.2, 0.25) is 0 Å². The average molecular weight is 277 g/mol. The fourth-order valence-electron chi connectivity index (χ4n) is 2.44. The van der Waals surface area contributed by atoms with Crippen molar-refractivity contribution in [2.75, 3.05) is 32.2 Å². The van der Waals surface area contributed by atoms with Crippen LogP contribution in [0, 0.1) is 0 Å². The summed E-state index contributed by atoms with van der Waals surface area (Å²) in [6.07, 6.45) is 2.73. The number of nitrogens with two attached hydrogens (primary N) is 1. The Kier molecular flexibility index (Phi) is 3.06. The Morgan fingerprint density at radius 3 is 2.30 bits per heavy atom. The Labute approximate surface area is 117 Å². The summed E-state index contributed by atoms with van der Waals surface area (Å²) in [4.78, 5) is 0. The number of rotatable bonds is 7. The highest BCUT2D eigenvalue weighted by atomic mass is 16.6. The van der Waals surface area contributed by atoms with Gasteiger partial charge in [0.1, 0.15) is 18.5 Å². The third-order valence-corrected chi connectivity index (χ3v) is 3.87. The second kappa shape index (κ2) is 4.91. The first-order valence-corrected chi connectivity index (χ1v) is 7.17. The molecule has 1 aromatic carbocycles. The molecule has 3 aliphatic heterocycles. The molecule has 3 heterocycles. The van der Waals surface area contributed by atoms with Gasteiger partial charge in [-0.2, -0.15) is 0 Å². The number of hydrogen-bond donors (Lipinski definition) is 1. The highest BCUT2D eigenvalue weighted by Gasteiger charge is 2.29. The lowest BCUT2D eigenvalue weighted by atomic mass is 9.97. The van der Waals surface area contributed by atoms with Crippen molar-refractivity contribution in [1.82, 2.24) is 0 Å². The maximum Gasteiger partial charge on any atom is 0.121 e. The SMILES string of the molecule is Nc1cc(OCC2CO2)cc(CC2CO2)c1CC1CO1. The minimum Gasteiger partial charge on any atom is -0.491 e. The fraction of sp³-hybridized carbons (Fsp3) is 0.600. The summed E-state index contributed by atoms with van der Waals surface area (Å²) in [7, 11) is 0. The summed E-state index contributed by atoms with van der Waals surface area (Å²) >= 11 is 0. The normalized spacial score (nSPS) is 30.1. The molecule has 5 heteroatoms. The Hall–Kier alpha value is -1.30. The Morgan fingerprint density at radius 2 is 1.65 bits per heavy atom. The molecule has 0 spiro atoms. The topological polar surface area (TPSA) is 72.8 Å². The van der Waals surface area contributed by atoms with E-state index in [1.807, 2.05) is 6.07 Å². The summed E-state index contributed by atoms with van der Waals surface area (Å²) in [6, 6.07) is 4.01. The van der Waals surface area contributed by atoms with Crippen LogP contribution in [0.3, 0.4) is 0 Å². The predicted octanol–water partition coefficient (Wildman–Crippen LogP) is 0.929. The van der Waals surface area contributed by atoms with Crippen LogP contribution in [0.2, 0.25) is 0 Å². The lowest BCUT2D eigenvalue weighted by Crippen LogP contribution is -2.09. The molecule has 0 radical (unpaired) electrons. The predicted molar refractivity (Wildman–Crippen MR) is 73.0 cm³/mol. The van der Waals surface area contributed by atoms with Crippen molar-refractivity contribution in [3.63, 3.8) is 0 Å². The van der Waals surface area contributed by atoms with E-state index in [9.17, 15) is 0 Å². The van der Waals surface area contributed by atoms with Gasteiger partial charge in [0.25, 0.3) is 0 Å². The third kappa shape index (κ3) is 3.06. The van der Waals surface area contributed by atoms with Gasteiger partial charge in [-0.05, 0) is 17.2 Å². The van der Waals surface area contributed by atoms with Gasteiger partial charge >= 0.3 is 0 Å². The summed E-state index contributed by atoms with van der Waals surface area (Å²) in [6.45, 7) is 3.09. The smallest absolute Gasteiger partial charge is 0.121 e. The molecule has 3 unspecified atom stereocenters. The van der Waals surface area contributed by atoms with E-state index in [4.69, 9.17) is 24.7 Å². The van der Waals surface area contributed by atoms with E-state index in [2.05, 4.69) is 6.07 Å². The molecule has 0 amide bonds. The largest absolute Gasteiger partial charge is 0.491 e. The van der Waals surface area contributed by atoms with Gasteiger partial charge < -0.3 is 24.7 Å². The Balaban J connectivity index is 1.54. The van der Waals surface area contributed by atoms with Crippen molar-refractivity contribution < 1.29 is 18.9 Å². The first-order valence-electron chi connectivity index (χ1n) is 7.17. The zero-order valence-corrected chi connectivity index (χ0v) is 11.3. The summed E-state index contributed by atoms with van der Waals surface area (Å²) in [5.74, 6) is 0.828. The van der Waals surface area contributed by atoms with E-state index in [-0.39, 0.29) is 6.10 Å². The molecule has 5 nitrogen and oxygen atoms in total. The van der Waals surface area contributed by atoms with Crippen LogP contribution in [0.1, 0.15) is 11.1 Å². The van der Waals surface area contributed by atoms with Crippen molar-refractivity contribution in [1.29, 1.82) is 0 Å². The van der Waals surface area contributed by atoms with Crippen LogP contribution < -0.4 is 10.5 Å². The minimum atomic E-state index is 0.256. The number of ether oxygens (including phenoxy) is 4. The van der Waals surface area contributed by atoms with Crippen LogP contribution in [0.25, 0.3) is 0 Å². The van der Waals surface area contributed by atoms with Crippen molar-refractivity contribution in [2.24, 2.45) is 0 Å². The van der Waals surface area contributed by atoms with E-state index in [1.54, 1.807) is 0 Å². The molecular formula is C15H19NO4. The molecule has 0 aromatic heterocycles. The molecule has 20 heavy (non-hydrogen) atoms. The van der Waals surface area contributed by atoms with Gasteiger partial charge in [-0.25, -0.2) is 0 Å². The molecule has 1 aromatic rings. The number of benzene rings is 1. The Morgan fingerprint density at radius 1 is 1.00 bits per heavy atom. The van der Waals surface area contributed by atoms with Crippen LogP contribution in [0.15, 0.2) is 12.1 Å².